The number of aliphatic hydroxyl groups is 1. The number of aliphatic hydroxyl groups excluding tert-OH is 1. The molecule has 5 heteroatoms. The minimum Gasteiger partial charge on any atom is -0.389 e. The Balaban J connectivity index is 2.31. The molecule has 0 fully saturated rings. The smallest absolute Gasteiger partial charge is 0.0945 e. The van der Waals surface area contributed by atoms with Crippen molar-refractivity contribution in [3.05, 3.63) is 26.8 Å². The van der Waals surface area contributed by atoms with E-state index in [1.54, 1.807) is 0 Å². The van der Waals surface area contributed by atoms with Gasteiger partial charge in [-0.2, -0.15) is 0 Å². The van der Waals surface area contributed by atoms with Crippen LogP contribution in [0.1, 0.15) is 13.8 Å². The molecule has 0 aliphatic rings. The summed E-state index contributed by atoms with van der Waals surface area (Å²) >= 11 is 8.29. The Labute approximate surface area is 127 Å². The zero-order valence-electron chi connectivity index (χ0n) is 10.6. The molecule has 0 aliphatic carbocycles. The van der Waals surface area contributed by atoms with Crippen LogP contribution in [0, 0.1) is 9.49 Å². The molecule has 0 amide bonds. The molecule has 0 radical (unpaired) electrons. The molecule has 2 N–H and O–H groups in total. The van der Waals surface area contributed by atoms with Crippen molar-refractivity contribution < 1.29 is 9.84 Å². The zero-order chi connectivity index (χ0) is 13.5. The maximum absolute atomic E-state index is 9.74. The van der Waals surface area contributed by atoms with E-state index in [9.17, 15) is 5.11 Å². The molecule has 0 heterocycles. The molecule has 0 aliphatic heterocycles. The third kappa shape index (κ3) is 6.22. The normalized spacial score (nSPS) is 12.8. The van der Waals surface area contributed by atoms with E-state index in [4.69, 9.17) is 16.3 Å². The van der Waals surface area contributed by atoms with Gasteiger partial charge in [-0.15, -0.1) is 0 Å². The molecule has 18 heavy (non-hydrogen) atoms. The van der Waals surface area contributed by atoms with Crippen LogP contribution in [-0.2, 0) is 4.74 Å². The van der Waals surface area contributed by atoms with Crippen LogP contribution in [0.25, 0.3) is 0 Å². The standard InChI is InChI=1S/C13H19ClINO2/c1-9(2)7-18-8-11(17)6-16-13-4-3-10(15)5-12(13)14/h3-5,9,11,16-17H,6-8H2,1-2H3. The van der Waals surface area contributed by atoms with Gasteiger partial charge in [-0.25, -0.2) is 0 Å². The second-order valence-corrected chi connectivity index (χ2v) is 6.24. The summed E-state index contributed by atoms with van der Waals surface area (Å²) in [6.07, 6.45) is -0.529. The highest BCUT2D eigenvalue weighted by atomic mass is 127. The molecule has 0 saturated carbocycles. The Hall–Kier alpha value is -0.0400. The highest BCUT2D eigenvalue weighted by Crippen LogP contribution is 2.23. The van der Waals surface area contributed by atoms with Crippen LogP contribution in [0.2, 0.25) is 5.02 Å². The van der Waals surface area contributed by atoms with Gasteiger partial charge in [0, 0.05) is 16.7 Å². The van der Waals surface area contributed by atoms with E-state index in [0.717, 1.165) is 9.26 Å². The molecule has 0 aromatic heterocycles. The fourth-order valence-corrected chi connectivity index (χ4v) is 2.28. The van der Waals surface area contributed by atoms with Crippen molar-refractivity contribution in [2.75, 3.05) is 25.1 Å². The number of hydrogen-bond donors (Lipinski definition) is 2. The summed E-state index contributed by atoms with van der Waals surface area (Å²) in [6.45, 7) is 5.60. The topological polar surface area (TPSA) is 41.5 Å². The third-order valence-corrected chi connectivity index (χ3v) is 3.20. The van der Waals surface area contributed by atoms with Gasteiger partial charge in [0.1, 0.15) is 0 Å². The maximum atomic E-state index is 9.74. The molecular formula is C13H19ClINO2. The molecule has 102 valence electrons. The lowest BCUT2D eigenvalue weighted by Gasteiger charge is -2.15. The number of hydrogen-bond acceptors (Lipinski definition) is 3. The molecule has 1 unspecified atom stereocenters. The lowest BCUT2D eigenvalue weighted by Crippen LogP contribution is -2.25. The van der Waals surface area contributed by atoms with Crippen molar-refractivity contribution in [3.8, 4) is 0 Å². The largest absolute Gasteiger partial charge is 0.389 e. The van der Waals surface area contributed by atoms with Crippen molar-refractivity contribution in [1.29, 1.82) is 0 Å². The lowest BCUT2D eigenvalue weighted by molar-refractivity contribution is 0.0318. The average Bonchev–Trinajstić information content (AvgIpc) is 2.27. The molecule has 0 bridgehead atoms. The Morgan fingerprint density at radius 3 is 2.72 bits per heavy atom. The van der Waals surface area contributed by atoms with Gasteiger partial charge >= 0.3 is 0 Å². The van der Waals surface area contributed by atoms with Gasteiger partial charge in [0.15, 0.2) is 0 Å². The van der Waals surface area contributed by atoms with E-state index >= 15 is 0 Å². The second kappa shape index (κ2) is 8.19. The van der Waals surface area contributed by atoms with Crippen molar-refractivity contribution >= 4 is 39.9 Å². The lowest BCUT2D eigenvalue weighted by atomic mass is 10.2. The Morgan fingerprint density at radius 1 is 1.39 bits per heavy atom. The van der Waals surface area contributed by atoms with Gasteiger partial charge in [-0.3, -0.25) is 0 Å². The number of benzene rings is 1. The molecule has 0 spiro atoms. The summed E-state index contributed by atoms with van der Waals surface area (Å²) in [5.74, 6) is 0.482. The molecule has 1 rings (SSSR count). The van der Waals surface area contributed by atoms with E-state index in [0.29, 0.717) is 30.7 Å². The molecule has 1 aromatic carbocycles. The van der Waals surface area contributed by atoms with E-state index in [1.807, 2.05) is 18.2 Å². The average molecular weight is 384 g/mol. The van der Waals surface area contributed by atoms with Crippen LogP contribution in [0.5, 0.6) is 0 Å². The van der Waals surface area contributed by atoms with Crippen molar-refractivity contribution in [2.24, 2.45) is 5.92 Å². The minimum absolute atomic E-state index is 0.340. The highest BCUT2D eigenvalue weighted by molar-refractivity contribution is 14.1. The number of nitrogens with one attached hydrogen (secondary N) is 1. The van der Waals surface area contributed by atoms with Crippen molar-refractivity contribution in [1.82, 2.24) is 0 Å². The predicted molar refractivity (Wildman–Crippen MR) is 84.3 cm³/mol. The van der Waals surface area contributed by atoms with Crippen LogP contribution >= 0.6 is 34.2 Å². The van der Waals surface area contributed by atoms with Gasteiger partial charge in [0.05, 0.1) is 23.4 Å². The highest BCUT2D eigenvalue weighted by Gasteiger charge is 2.06. The monoisotopic (exact) mass is 383 g/mol. The molecule has 3 nitrogen and oxygen atoms in total. The quantitative estimate of drug-likeness (QED) is 0.709. The number of anilines is 1. The first kappa shape index (κ1) is 16.0. The van der Waals surface area contributed by atoms with Gasteiger partial charge in [0.25, 0.3) is 0 Å². The first-order chi connectivity index (χ1) is 8.49. The number of rotatable bonds is 7. The minimum atomic E-state index is -0.529. The zero-order valence-corrected chi connectivity index (χ0v) is 13.5. The van der Waals surface area contributed by atoms with Crippen molar-refractivity contribution in [3.63, 3.8) is 0 Å². The van der Waals surface area contributed by atoms with Crippen LogP contribution in [0.4, 0.5) is 5.69 Å². The van der Waals surface area contributed by atoms with Crippen LogP contribution in [0.3, 0.4) is 0 Å². The molecule has 0 saturated heterocycles. The summed E-state index contributed by atoms with van der Waals surface area (Å²) in [7, 11) is 0. The van der Waals surface area contributed by atoms with Crippen molar-refractivity contribution in [2.45, 2.75) is 20.0 Å². The fraction of sp³-hybridized carbons (Fsp3) is 0.538. The van der Waals surface area contributed by atoms with E-state index in [1.165, 1.54) is 0 Å². The Kier molecular flexibility index (Phi) is 7.29. The summed E-state index contributed by atoms with van der Waals surface area (Å²) in [4.78, 5) is 0. The first-order valence-corrected chi connectivity index (χ1v) is 7.39. The first-order valence-electron chi connectivity index (χ1n) is 5.93. The summed E-state index contributed by atoms with van der Waals surface area (Å²) in [6, 6.07) is 5.76. The van der Waals surface area contributed by atoms with Gasteiger partial charge in [-0.1, -0.05) is 25.4 Å². The van der Waals surface area contributed by atoms with E-state index in [-0.39, 0.29) is 0 Å². The van der Waals surface area contributed by atoms with E-state index in [2.05, 4.69) is 41.8 Å². The SMILES string of the molecule is CC(C)COCC(O)CNc1ccc(I)cc1Cl. The molecule has 1 atom stereocenters. The molecule has 1 aromatic rings. The third-order valence-electron chi connectivity index (χ3n) is 2.22. The predicted octanol–water partition coefficient (Wildman–Crippen LogP) is 3.39. The second-order valence-electron chi connectivity index (χ2n) is 4.59. The maximum Gasteiger partial charge on any atom is 0.0945 e. The Bertz CT molecular complexity index is 374. The van der Waals surface area contributed by atoms with Crippen LogP contribution < -0.4 is 5.32 Å². The molecular weight excluding hydrogens is 365 g/mol. The fourth-order valence-electron chi connectivity index (χ4n) is 1.36. The van der Waals surface area contributed by atoms with Crippen LogP contribution in [-0.4, -0.2) is 31.0 Å². The summed E-state index contributed by atoms with van der Waals surface area (Å²) in [5.41, 5.74) is 0.833. The summed E-state index contributed by atoms with van der Waals surface area (Å²) in [5, 5.41) is 13.5. The van der Waals surface area contributed by atoms with Gasteiger partial charge in [0.2, 0.25) is 0 Å². The number of halogens is 2. The van der Waals surface area contributed by atoms with Gasteiger partial charge < -0.3 is 15.2 Å². The summed E-state index contributed by atoms with van der Waals surface area (Å²) < 4.78 is 6.46. The Morgan fingerprint density at radius 2 is 2.11 bits per heavy atom. The van der Waals surface area contributed by atoms with E-state index < -0.39 is 6.10 Å². The van der Waals surface area contributed by atoms with Gasteiger partial charge in [-0.05, 0) is 46.7 Å². The van der Waals surface area contributed by atoms with Crippen LogP contribution in [0.15, 0.2) is 18.2 Å². The number of ether oxygens (including phenoxy) is 1.